The fourth-order valence-electron chi connectivity index (χ4n) is 3.07. The van der Waals surface area contributed by atoms with Gasteiger partial charge in [0.1, 0.15) is 5.82 Å². The molecule has 3 rings (SSSR count). The molecule has 10 heteroatoms. The normalized spacial score (nSPS) is 20.4. The van der Waals surface area contributed by atoms with Crippen molar-refractivity contribution in [2.45, 2.75) is 18.0 Å². The summed E-state index contributed by atoms with van der Waals surface area (Å²) in [5, 5.41) is 0. The molecule has 1 aliphatic rings. The van der Waals surface area contributed by atoms with Gasteiger partial charge in [0, 0.05) is 32.0 Å². The average molecular weight is 388 g/mol. The minimum atomic E-state index is -4.59. The minimum Gasteiger partial charge on any atom is -0.347 e. The lowest BCUT2D eigenvalue weighted by Crippen LogP contribution is -2.49. The Kier molecular flexibility index (Phi) is 5.09. The van der Waals surface area contributed by atoms with E-state index in [9.17, 15) is 21.6 Å². The molecule has 0 bridgehead atoms. The van der Waals surface area contributed by atoms with Crippen LogP contribution >= 0.6 is 0 Å². The maximum absolute atomic E-state index is 13.1. The Morgan fingerprint density at radius 3 is 2.65 bits per heavy atom. The number of aromatic nitrogens is 2. The Labute approximate surface area is 149 Å². The largest absolute Gasteiger partial charge is 0.416 e. The number of benzene rings is 1. The second-order valence-electron chi connectivity index (χ2n) is 6.24. The van der Waals surface area contributed by atoms with Gasteiger partial charge in [-0.3, -0.25) is 4.90 Å². The maximum Gasteiger partial charge on any atom is 0.416 e. The number of alkyl halides is 3. The predicted octanol–water partition coefficient (Wildman–Crippen LogP) is 2.25. The predicted molar refractivity (Wildman–Crippen MR) is 89.6 cm³/mol. The number of imidazole rings is 1. The van der Waals surface area contributed by atoms with E-state index in [4.69, 9.17) is 0 Å². The van der Waals surface area contributed by atoms with E-state index in [2.05, 4.69) is 9.97 Å². The van der Waals surface area contributed by atoms with Gasteiger partial charge in [-0.05, 0) is 18.7 Å². The first-order valence-electron chi connectivity index (χ1n) is 8.01. The SMILES string of the molecule is CN1CCN(S(=O)(=O)Cc2ccccc2C(F)(F)F)C[C@H]1c1ncc[nH]1. The van der Waals surface area contributed by atoms with E-state index in [1.54, 1.807) is 12.4 Å². The van der Waals surface area contributed by atoms with E-state index < -0.39 is 27.5 Å². The van der Waals surface area contributed by atoms with Crippen LogP contribution in [-0.4, -0.2) is 54.3 Å². The van der Waals surface area contributed by atoms with Crippen molar-refractivity contribution < 1.29 is 21.6 Å². The summed E-state index contributed by atoms with van der Waals surface area (Å²) in [7, 11) is -2.04. The third-order valence-electron chi connectivity index (χ3n) is 4.50. The minimum absolute atomic E-state index is 0.139. The number of H-pyrrole nitrogens is 1. The van der Waals surface area contributed by atoms with Crippen LogP contribution in [0.2, 0.25) is 0 Å². The summed E-state index contributed by atoms with van der Waals surface area (Å²) in [6, 6.07) is 4.50. The number of piperazine rings is 1. The van der Waals surface area contributed by atoms with Gasteiger partial charge < -0.3 is 4.98 Å². The first-order valence-corrected chi connectivity index (χ1v) is 9.62. The lowest BCUT2D eigenvalue weighted by molar-refractivity contribution is -0.138. The molecule has 0 amide bonds. The molecule has 0 saturated carbocycles. The topological polar surface area (TPSA) is 69.3 Å². The Hall–Kier alpha value is -1.91. The van der Waals surface area contributed by atoms with Crippen LogP contribution in [0, 0.1) is 0 Å². The Morgan fingerprint density at radius 2 is 2.00 bits per heavy atom. The summed E-state index contributed by atoms with van der Waals surface area (Å²) < 4.78 is 66.2. The summed E-state index contributed by atoms with van der Waals surface area (Å²) in [4.78, 5) is 9.10. The highest BCUT2D eigenvalue weighted by Crippen LogP contribution is 2.33. The third-order valence-corrected chi connectivity index (χ3v) is 6.29. The van der Waals surface area contributed by atoms with Crippen molar-refractivity contribution in [3.8, 4) is 0 Å². The van der Waals surface area contributed by atoms with Crippen molar-refractivity contribution in [2.75, 3.05) is 26.7 Å². The Bertz CT molecular complexity index is 853. The van der Waals surface area contributed by atoms with E-state index in [0.717, 1.165) is 6.07 Å². The van der Waals surface area contributed by atoms with E-state index >= 15 is 0 Å². The fraction of sp³-hybridized carbons (Fsp3) is 0.438. The second-order valence-corrected chi connectivity index (χ2v) is 8.21. The number of nitrogens with one attached hydrogen (secondary N) is 1. The van der Waals surface area contributed by atoms with Crippen molar-refractivity contribution in [3.63, 3.8) is 0 Å². The van der Waals surface area contributed by atoms with E-state index in [0.29, 0.717) is 12.4 Å². The highest BCUT2D eigenvalue weighted by atomic mass is 32.2. The molecule has 1 atom stereocenters. The van der Waals surface area contributed by atoms with Crippen molar-refractivity contribution in [1.82, 2.24) is 19.2 Å². The van der Waals surface area contributed by atoms with Gasteiger partial charge in [0.15, 0.2) is 0 Å². The van der Waals surface area contributed by atoms with E-state index in [1.165, 1.54) is 22.5 Å². The van der Waals surface area contributed by atoms with Crippen LogP contribution in [0.15, 0.2) is 36.7 Å². The quantitative estimate of drug-likeness (QED) is 0.872. The molecule has 142 valence electrons. The molecule has 1 saturated heterocycles. The highest BCUT2D eigenvalue weighted by Gasteiger charge is 2.37. The zero-order valence-electron chi connectivity index (χ0n) is 14.1. The number of hydrogen-bond acceptors (Lipinski definition) is 4. The number of sulfonamides is 1. The molecular formula is C16H19F3N4O2S. The molecule has 2 heterocycles. The smallest absolute Gasteiger partial charge is 0.347 e. The molecule has 2 aromatic rings. The monoisotopic (exact) mass is 388 g/mol. The molecule has 1 aromatic heterocycles. The molecule has 26 heavy (non-hydrogen) atoms. The van der Waals surface area contributed by atoms with Crippen molar-refractivity contribution in [1.29, 1.82) is 0 Å². The van der Waals surface area contributed by atoms with Crippen molar-refractivity contribution in [2.24, 2.45) is 0 Å². The number of nitrogens with zero attached hydrogens (tertiary/aromatic N) is 3. The Balaban J connectivity index is 1.83. The summed E-state index contributed by atoms with van der Waals surface area (Å²) in [5.74, 6) is -0.0554. The molecular weight excluding hydrogens is 369 g/mol. The molecule has 1 aliphatic heterocycles. The fourth-order valence-corrected chi connectivity index (χ4v) is 4.62. The first kappa shape index (κ1) is 18.9. The molecule has 1 fully saturated rings. The van der Waals surface area contributed by atoms with Crippen molar-refractivity contribution >= 4 is 10.0 Å². The van der Waals surface area contributed by atoms with Gasteiger partial charge in [-0.25, -0.2) is 13.4 Å². The van der Waals surface area contributed by atoms with Crippen LogP contribution in [-0.2, 0) is 22.0 Å². The lowest BCUT2D eigenvalue weighted by atomic mass is 10.1. The van der Waals surface area contributed by atoms with Crippen LogP contribution in [0.3, 0.4) is 0 Å². The molecule has 1 N–H and O–H groups in total. The molecule has 0 aliphatic carbocycles. The third kappa shape index (κ3) is 3.92. The molecule has 0 unspecified atom stereocenters. The van der Waals surface area contributed by atoms with Gasteiger partial charge in [-0.15, -0.1) is 0 Å². The van der Waals surface area contributed by atoms with Crippen LogP contribution in [0.25, 0.3) is 0 Å². The Morgan fingerprint density at radius 1 is 1.27 bits per heavy atom. The highest BCUT2D eigenvalue weighted by molar-refractivity contribution is 7.88. The summed E-state index contributed by atoms with van der Waals surface area (Å²) in [5.41, 5.74) is -1.16. The van der Waals surface area contributed by atoms with Gasteiger partial charge in [-0.2, -0.15) is 17.5 Å². The van der Waals surface area contributed by atoms with Gasteiger partial charge >= 0.3 is 6.18 Å². The first-order chi connectivity index (χ1) is 12.2. The molecule has 1 aromatic carbocycles. The number of halogens is 3. The van der Waals surface area contributed by atoms with Crippen molar-refractivity contribution in [3.05, 3.63) is 53.6 Å². The van der Waals surface area contributed by atoms with Gasteiger partial charge in [0.05, 0.1) is 17.4 Å². The zero-order chi connectivity index (χ0) is 18.9. The van der Waals surface area contributed by atoms with Crippen LogP contribution in [0.5, 0.6) is 0 Å². The van der Waals surface area contributed by atoms with Gasteiger partial charge in [0.2, 0.25) is 10.0 Å². The van der Waals surface area contributed by atoms with Crippen LogP contribution in [0.4, 0.5) is 13.2 Å². The molecule has 0 radical (unpaired) electrons. The lowest BCUT2D eigenvalue weighted by Gasteiger charge is -2.37. The van der Waals surface area contributed by atoms with Gasteiger partial charge in [-0.1, -0.05) is 18.2 Å². The van der Waals surface area contributed by atoms with Crippen LogP contribution < -0.4 is 0 Å². The molecule has 6 nitrogen and oxygen atoms in total. The van der Waals surface area contributed by atoms with E-state index in [-0.39, 0.29) is 24.7 Å². The summed E-state index contributed by atoms with van der Waals surface area (Å²) in [6.45, 7) is 0.830. The van der Waals surface area contributed by atoms with Crippen LogP contribution in [0.1, 0.15) is 23.0 Å². The summed E-state index contributed by atoms with van der Waals surface area (Å²) >= 11 is 0. The zero-order valence-corrected chi connectivity index (χ0v) is 14.9. The molecule has 0 spiro atoms. The number of aromatic amines is 1. The number of likely N-dealkylation sites (N-methyl/N-ethyl adjacent to an activating group) is 1. The second kappa shape index (κ2) is 7.01. The standard InChI is InChI=1S/C16H19F3N4O2S/c1-22-8-9-23(10-14(22)15-20-6-7-21-15)26(24,25)11-12-4-2-3-5-13(12)16(17,18)19/h2-7,14H,8-11H2,1H3,(H,20,21)/t14-/m0/s1. The number of rotatable bonds is 4. The average Bonchev–Trinajstić information content (AvgIpc) is 3.08. The maximum atomic E-state index is 13.1. The van der Waals surface area contributed by atoms with Gasteiger partial charge in [0.25, 0.3) is 0 Å². The van der Waals surface area contributed by atoms with E-state index in [1.807, 2.05) is 11.9 Å². The number of hydrogen-bond donors (Lipinski definition) is 1. The summed E-state index contributed by atoms with van der Waals surface area (Å²) in [6.07, 6.45) is -1.36.